The summed E-state index contributed by atoms with van der Waals surface area (Å²) in [5.74, 6) is 1.29. The smallest absolute Gasteiger partial charge is 0.239 e. The Balaban J connectivity index is 1.39. The molecular weight excluding hydrogens is 322 g/mol. The molecule has 1 saturated heterocycles. The number of likely N-dealkylation sites (tertiary alicyclic amines) is 1. The first-order valence-electron chi connectivity index (χ1n) is 8.19. The Labute approximate surface area is 143 Å². The molecule has 0 aromatic carbocycles. The number of nitrogens with zero attached hydrogens (tertiary/aromatic N) is 6. The average molecular weight is 339 g/mol. The third-order valence-electron chi connectivity index (χ3n) is 4.29. The van der Waals surface area contributed by atoms with E-state index in [-0.39, 0.29) is 11.9 Å². The first kappa shape index (κ1) is 15.4. The maximum atomic E-state index is 12.6. The molecule has 1 aliphatic heterocycles. The quantitative estimate of drug-likeness (QED) is 0.750. The van der Waals surface area contributed by atoms with Crippen LogP contribution in [-0.2, 0) is 11.2 Å². The predicted molar refractivity (Wildman–Crippen MR) is 85.9 cm³/mol. The van der Waals surface area contributed by atoms with Gasteiger partial charge < -0.3 is 9.42 Å². The lowest BCUT2D eigenvalue weighted by atomic mass is 10.1. The van der Waals surface area contributed by atoms with Crippen LogP contribution < -0.4 is 0 Å². The molecule has 4 heterocycles. The third kappa shape index (κ3) is 3.25. The summed E-state index contributed by atoms with van der Waals surface area (Å²) < 4.78 is 5.18. The van der Waals surface area contributed by atoms with E-state index in [1.54, 1.807) is 6.20 Å². The highest BCUT2D eigenvalue weighted by Crippen LogP contribution is 2.32. The van der Waals surface area contributed by atoms with Crippen LogP contribution in [0.3, 0.4) is 0 Å². The molecule has 1 N–H and O–H groups in total. The van der Waals surface area contributed by atoms with Crippen LogP contribution in [0.15, 0.2) is 35.4 Å². The van der Waals surface area contributed by atoms with Gasteiger partial charge in [-0.2, -0.15) is 10.1 Å². The molecule has 1 unspecified atom stereocenters. The number of amides is 1. The van der Waals surface area contributed by atoms with Crippen molar-refractivity contribution in [2.75, 3.05) is 6.54 Å². The van der Waals surface area contributed by atoms with Gasteiger partial charge in [-0.25, -0.2) is 4.98 Å². The average Bonchev–Trinajstić information content (AvgIpc) is 3.41. The lowest BCUT2D eigenvalue weighted by Crippen LogP contribution is -2.30. The van der Waals surface area contributed by atoms with Crippen LogP contribution in [-0.4, -0.2) is 47.7 Å². The van der Waals surface area contributed by atoms with Gasteiger partial charge in [0.15, 0.2) is 5.82 Å². The minimum atomic E-state index is 0.0887. The summed E-state index contributed by atoms with van der Waals surface area (Å²) >= 11 is 0. The molecule has 128 valence electrons. The van der Waals surface area contributed by atoms with E-state index in [1.807, 2.05) is 23.2 Å². The molecule has 0 aliphatic carbocycles. The molecule has 3 aromatic heterocycles. The molecule has 1 amide bonds. The summed E-state index contributed by atoms with van der Waals surface area (Å²) in [6.45, 7) is 0.769. The Bertz CT molecular complexity index is 831. The molecule has 0 bridgehead atoms. The van der Waals surface area contributed by atoms with Gasteiger partial charge in [0.1, 0.15) is 6.33 Å². The maximum absolute atomic E-state index is 12.6. The van der Waals surface area contributed by atoms with Gasteiger partial charge >= 0.3 is 0 Å². The summed E-state index contributed by atoms with van der Waals surface area (Å²) in [7, 11) is 0. The van der Waals surface area contributed by atoms with Crippen LogP contribution in [0.2, 0.25) is 0 Å². The number of carbonyl (C=O) groups excluding carboxylic acids is 1. The largest absolute Gasteiger partial charge is 0.339 e. The van der Waals surface area contributed by atoms with Crippen LogP contribution in [0.25, 0.3) is 11.6 Å². The number of hydrogen-bond donors (Lipinski definition) is 1. The Hall–Kier alpha value is -3.10. The fraction of sp³-hybridized carbons (Fsp3) is 0.375. The van der Waals surface area contributed by atoms with Crippen molar-refractivity contribution < 1.29 is 9.32 Å². The van der Waals surface area contributed by atoms with Crippen molar-refractivity contribution >= 4 is 5.91 Å². The van der Waals surface area contributed by atoms with E-state index in [0.717, 1.165) is 24.9 Å². The van der Waals surface area contributed by atoms with Crippen LogP contribution in [0, 0.1) is 0 Å². The zero-order valence-corrected chi connectivity index (χ0v) is 13.5. The monoisotopic (exact) mass is 339 g/mol. The zero-order chi connectivity index (χ0) is 17.1. The number of aromatic nitrogens is 6. The number of aromatic amines is 1. The van der Waals surface area contributed by atoms with Gasteiger partial charge in [0.05, 0.1) is 6.04 Å². The minimum absolute atomic E-state index is 0.0887. The van der Waals surface area contributed by atoms with Gasteiger partial charge in [0, 0.05) is 31.8 Å². The van der Waals surface area contributed by atoms with Crippen LogP contribution in [0.4, 0.5) is 0 Å². The first-order chi connectivity index (χ1) is 12.3. The first-order valence-corrected chi connectivity index (χ1v) is 8.19. The predicted octanol–water partition coefficient (Wildman–Crippen LogP) is 1.55. The van der Waals surface area contributed by atoms with Crippen molar-refractivity contribution in [2.24, 2.45) is 0 Å². The van der Waals surface area contributed by atoms with Crippen molar-refractivity contribution in [2.45, 2.75) is 31.7 Å². The Morgan fingerprint density at radius 2 is 2.40 bits per heavy atom. The number of hydrogen-bond acceptors (Lipinski definition) is 7. The normalized spacial score (nSPS) is 17.1. The Morgan fingerprint density at radius 1 is 1.44 bits per heavy atom. The van der Waals surface area contributed by atoms with Gasteiger partial charge in [0.2, 0.25) is 17.6 Å². The summed E-state index contributed by atoms with van der Waals surface area (Å²) in [6, 6.07) is 4.03. The Kier molecular flexibility index (Phi) is 4.19. The van der Waals surface area contributed by atoms with Crippen LogP contribution >= 0.6 is 0 Å². The van der Waals surface area contributed by atoms with E-state index >= 15 is 0 Å². The van der Waals surface area contributed by atoms with Crippen molar-refractivity contribution in [1.29, 1.82) is 0 Å². The van der Waals surface area contributed by atoms with Crippen LogP contribution in [0.1, 0.15) is 36.8 Å². The molecule has 9 nitrogen and oxygen atoms in total. The lowest BCUT2D eigenvalue weighted by molar-refractivity contribution is -0.132. The molecule has 1 atom stereocenters. The Morgan fingerprint density at radius 3 is 3.20 bits per heavy atom. The highest BCUT2D eigenvalue weighted by atomic mass is 16.5. The van der Waals surface area contributed by atoms with E-state index in [2.05, 4.69) is 30.3 Å². The molecule has 9 heteroatoms. The third-order valence-corrected chi connectivity index (χ3v) is 4.29. The van der Waals surface area contributed by atoms with Gasteiger partial charge in [-0.15, -0.1) is 0 Å². The zero-order valence-electron chi connectivity index (χ0n) is 13.5. The SMILES string of the molecule is O=C(CCc1nc(-c2ncn[nH]2)no1)N1CCCC1c1cccnc1. The molecule has 4 rings (SSSR count). The standard InChI is InChI=1S/C16H17N7O2/c24-14(23-8-2-4-12(23)11-3-1-7-17-9-11)6-5-13-20-16(22-25-13)15-18-10-19-21-15/h1,3,7,9-10,12H,2,4-6,8H2,(H,18,19,21). The highest BCUT2D eigenvalue weighted by molar-refractivity contribution is 5.77. The minimum Gasteiger partial charge on any atom is -0.339 e. The lowest BCUT2D eigenvalue weighted by Gasteiger charge is -2.24. The second kappa shape index (κ2) is 6.80. The molecule has 25 heavy (non-hydrogen) atoms. The summed E-state index contributed by atoms with van der Waals surface area (Å²) in [6.07, 6.45) is 7.64. The van der Waals surface area contributed by atoms with Gasteiger partial charge in [-0.05, 0) is 24.5 Å². The number of aryl methyl sites for hydroxylation is 1. The second-order valence-corrected chi connectivity index (χ2v) is 5.88. The molecule has 3 aromatic rings. The molecular formula is C16H17N7O2. The molecule has 1 fully saturated rings. The summed E-state index contributed by atoms with van der Waals surface area (Å²) in [4.78, 5) is 26.9. The maximum Gasteiger partial charge on any atom is 0.239 e. The topological polar surface area (TPSA) is 114 Å². The summed E-state index contributed by atoms with van der Waals surface area (Å²) in [5.41, 5.74) is 1.08. The van der Waals surface area contributed by atoms with Crippen molar-refractivity contribution in [3.8, 4) is 11.6 Å². The second-order valence-electron chi connectivity index (χ2n) is 5.88. The number of nitrogens with one attached hydrogen (secondary N) is 1. The van der Waals surface area contributed by atoms with E-state index in [1.165, 1.54) is 6.33 Å². The fourth-order valence-corrected chi connectivity index (χ4v) is 3.11. The van der Waals surface area contributed by atoms with Crippen molar-refractivity contribution in [3.05, 3.63) is 42.3 Å². The molecule has 1 aliphatic rings. The fourth-order valence-electron chi connectivity index (χ4n) is 3.11. The molecule has 0 spiro atoms. The number of rotatable bonds is 5. The molecule has 0 saturated carbocycles. The van der Waals surface area contributed by atoms with Gasteiger partial charge in [-0.3, -0.25) is 14.9 Å². The van der Waals surface area contributed by atoms with E-state index in [9.17, 15) is 4.79 Å². The van der Waals surface area contributed by atoms with Crippen molar-refractivity contribution in [3.63, 3.8) is 0 Å². The van der Waals surface area contributed by atoms with E-state index < -0.39 is 0 Å². The summed E-state index contributed by atoms with van der Waals surface area (Å²) in [5, 5.41) is 10.3. The number of pyridine rings is 1. The van der Waals surface area contributed by atoms with Crippen LogP contribution in [0.5, 0.6) is 0 Å². The number of carbonyl (C=O) groups is 1. The highest BCUT2D eigenvalue weighted by Gasteiger charge is 2.30. The molecule has 0 radical (unpaired) electrons. The van der Waals surface area contributed by atoms with Gasteiger partial charge in [-0.1, -0.05) is 11.2 Å². The van der Waals surface area contributed by atoms with Crippen molar-refractivity contribution in [1.82, 2.24) is 35.2 Å². The van der Waals surface area contributed by atoms with E-state index in [0.29, 0.717) is 30.4 Å². The van der Waals surface area contributed by atoms with E-state index in [4.69, 9.17) is 4.52 Å². The number of H-pyrrole nitrogens is 1. The van der Waals surface area contributed by atoms with Gasteiger partial charge in [0.25, 0.3) is 0 Å².